The summed E-state index contributed by atoms with van der Waals surface area (Å²) in [5.41, 5.74) is 5.85. The van der Waals surface area contributed by atoms with Crippen molar-refractivity contribution in [3.8, 4) is 11.5 Å². The number of hydrogen-bond donors (Lipinski definition) is 1. The van der Waals surface area contributed by atoms with Crippen LogP contribution < -0.4 is 15.2 Å². The lowest BCUT2D eigenvalue weighted by molar-refractivity contribution is -0.117. The molecule has 1 aliphatic rings. The van der Waals surface area contributed by atoms with E-state index in [9.17, 15) is 4.79 Å². The fraction of sp³-hybridized carbons (Fsp3) is 0.167. The van der Waals surface area contributed by atoms with Crippen molar-refractivity contribution in [1.82, 2.24) is 4.98 Å². The van der Waals surface area contributed by atoms with Gasteiger partial charge in [-0.15, -0.1) is 0 Å². The van der Waals surface area contributed by atoms with Gasteiger partial charge < -0.3 is 15.2 Å². The molecule has 86 valence electrons. The number of carbonyl (C=O) groups excluding carboxylic acids is 1. The number of nitrogens with zero attached hydrogens (tertiary/aromatic N) is 1. The minimum absolute atomic E-state index is 0.122. The molecule has 2 N–H and O–H groups in total. The average Bonchev–Trinajstić information content (AvgIpc) is 2.73. The van der Waals surface area contributed by atoms with Crippen molar-refractivity contribution in [2.24, 2.45) is 5.73 Å². The zero-order chi connectivity index (χ0) is 11.8. The van der Waals surface area contributed by atoms with Gasteiger partial charge in [0.15, 0.2) is 11.5 Å². The highest BCUT2D eigenvalue weighted by Gasteiger charge is 2.16. The molecule has 1 amide bonds. The minimum atomic E-state index is -0.400. The molecule has 3 rings (SSSR count). The predicted octanol–water partition coefficient (Wildman–Crippen LogP) is 0.991. The van der Waals surface area contributed by atoms with Crippen molar-refractivity contribution in [2.45, 2.75) is 6.42 Å². The van der Waals surface area contributed by atoms with Crippen molar-refractivity contribution >= 4 is 16.7 Å². The summed E-state index contributed by atoms with van der Waals surface area (Å²) in [6, 6.07) is 5.58. The van der Waals surface area contributed by atoms with Gasteiger partial charge in [-0.05, 0) is 23.6 Å². The molecular weight excluding hydrogens is 220 g/mol. The molecule has 0 saturated heterocycles. The third kappa shape index (κ3) is 1.65. The Bertz CT molecular complexity index is 610. The lowest BCUT2D eigenvalue weighted by Gasteiger charge is -2.05. The van der Waals surface area contributed by atoms with Gasteiger partial charge in [0.05, 0.1) is 12.1 Å². The highest BCUT2D eigenvalue weighted by atomic mass is 16.7. The molecule has 0 spiro atoms. The van der Waals surface area contributed by atoms with Gasteiger partial charge in [-0.1, -0.05) is 0 Å². The Balaban J connectivity index is 2.20. The minimum Gasteiger partial charge on any atom is -0.454 e. The zero-order valence-corrected chi connectivity index (χ0v) is 8.97. The van der Waals surface area contributed by atoms with Crippen molar-refractivity contribution in [3.05, 3.63) is 30.1 Å². The Morgan fingerprint density at radius 3 is 2.88 bits per heavy atom. The van der Waals surface area contributed by atoms with Gasteiger partial charge in [0, 0.05) is 11.6 Å². The second kappa shape index (κ2) is 3.62. The molecular formula is C12H10N2O3. The molecule has 1 aromatic heterocycles. The van der Waals surface area contributed by atoms with Crippen molar-refractivity contribution < 1.29 is 14.3 Å². The van der Waals surface area contributed by atoms with Crippen LogP contribution in [-0.2, 0) is 11.2 Å². The standard InChI is InChI=1S/C12H10N2O3/c13-12(15)5-9-8-4-11-10(16-6-17-11)3-7(8)1-2-14-9/h1-4H,5-6H2,(H2,13,15). The van der Waals surface area contributed by atoms with Crippen LogP contribution in [0.3, 0.4) is 0 Å². The van der Waals surface area contributed by atoms with Crippen LogP contribution in [0.5, 0.6) is 11.5 Å². The van der Waals surface area contributed by atoms with E-state index >= 15 is 0 Å². The third-order valence-electron chi connectivity index (χ3n) is 2.68. The fourth-order valence-corrected chi connectivity index (χ4v) is 1.93. The van der Waals surface area contributed by atoms with E-state index in [1.165, 1.54) is 0 Å². The number of fused-ring (bicyclic) bond motifs is 2. The van der Waals surface area contributed by atoms with Crippen LogP contribution >= 0.6 is 0 Å². The van der Waals surface area contributed by atoms with Gasteiger partial charge in [-0.25, -0.2) is 0 Å². The number of primary amides is 1. The summed E-state index contributed by atoms with van der Waals surface area (Å²) in [5.74, 6) is 0.993. The molecule has 17 heavy (non-hydrogen) atoms. The van der Waals surface area contributed by atoms with E-state index in [2.05, 4.69) is 4.98 Å². The second-order valence-corrected chi connectivity index (χ2v) is 3.83. The molecule has 0 fully saturated rings. The smallest absolute Gasteiger partial charge is 0.231 e. The first-order chi connectivity index (χ1) is 8.24. The molecule has 1 aromatic carbocycles. The molecule has 1 aliphatic heterocycles. The number of nitrogens with two attached hydrogens (primary N) is 1. The van der Waals surface area contributed by atoms with Crippen molar-refractivity contribution in [3.63, 3.8) is 0 Å². The average molecular weight is 230 g/mol. The second-order valence-electron chi connectivity index (χ2n) is 3.83. The Labute approximate surface area is 97.2 Å². The first-order valence-electron chi connectivity index (χ1n) is 5.19. The zero-order valence-electron chi connectivity index (χ0n) is 8.97. The largest absolute Gasteiger partial charge is 0.454 e. The maximum Gasteiger partial charge on any atom is 0.231 e. The monoisotopic (exact) mass is 230 g/mol. The van der Waals surface area contributed by atoms with E-state index < -0.39 is 5.91 Å². The van der Waals surface area contributed by atoms with Gasteiger partial charge >= 0.3 is 0 Å². The number of rotatable bonds is 2. The van der Waals surface area contributed by atoms with E-state index in [-0.39, 0.29) is 13.2 Å². The molecule has 0 saturated carbocycles. The number of ether oxygens (including phenoxy) is 2. The summed E-state index contributed by atoms with van der Waals surface area (Å²) in [6.45, 7) is 0.226. The molecule has 0 aliphatic carbocycles. The topological polar surface area (TPSA) is 74.4 Å². The first kappa shape index (κ1) is 9.89. The van der Waals surface area contributed by atoms with E-state index in [1.807, 2.05) is 18.2 Å². The number of hydrogen-bond acceptors (Lipinski definition) is 4. The SMILES string of the molecule is NC(=O)Cc1nccc2cc3c(cc12)OCO3. The van der Waals surface area contributed by atoms with Gasteiger partial charge in [-0.3, -0.25) is 9.78 Å². The summed E-state index contributed by atoms with van der Waals surface area (Å²) < 4.78 is 10.6. The Morgan fingerprint density at radius 2 is 2.12 bits per heavy atom. The molecule has 5 heteroatoms. The number of aromatic nitrogens is 1. The number of amides is 1. The fourth-order valence-electron chi connectivity index (χ4n) is 1.93. The summed E-state index contributed by atoms with van der Waals surface area (Å²) in [4.78, 5) is 15.1. The van der Waals surface area contributed by atoms with E-state index in [0.29, 0.717) is 17.2 Å². The predicted molar refractivity (Wildman–Crippen MR) is 60.8 cm³/mol. The van der Waals surface area contributed by atoms with Gasteiger partial charge in [0.1, 0.15) is 0 Å². The van der Waals surface area contributed by atoms with Crippen LogP contribution in [0.15, 0.2) is 24.4 Å². The van der Waals surface area contributed by atoms with Crippen LogP contribution in [-0.4, -0.2) is 17.7 Å². The van der Waals surface area contributed by atoms with Gasteiger partial charge in [-0.2, -0.15) is 0 Å². The summed E-state index contributed by atoms with van der Waals surface area (Å²) in [6.07, 6.45) is 1.78. The maximum absolute atomic E-state index is 11.0. The maximum atomic E-state index is 11.0. The van der Waals surface area contributed by atoms with E-state index in [4.69, 9.17) is 15.2 Å². The lowest BCUT2D eigenvalue weighted by atomic mass is 10.1. The van der Waals surface area contributed by atoms with Crippen LogP contribution in [0, 0.1) is 0 Å². The summed E-state index contributed by atoms with van der Waals surface area (Å²) in [7, 11) is 0. The Morgan fingerprint density at radius 1 is 1.35 bits per heavy atom. The quantitative estimate of drug-likeness (QED) is 0.834. The molecule has 2 aromatic rings. The normalized spacial score (nSPS) is 12.9. The highest BCUT2D eigenvalue weighted by molar-refractivity contribution is 5.91. The molecule has 0 bridgehead atoms. The third-order valence-corrected chi connectivity index (χ3v) is 2.68. The lowest BCUT2D eigenvalue weighted by Crippen LogP contribution is -2.14. The van der Waals surface area contributed by atoms with Crippen LogP contribution in [0.1, 0.15) is 5.69 Å². The number of carbonyl (C=O) groups is 1. The molecule has 0 radical (unpaired) electrons. The van der Waals surface area contributed by atoms with E-state index in [0.717, 1.165) is 10.8 Å². The molecule has 2 heterocycles. The van der Waals surface area contributed by atoms with Gasteiger partial charge in [0.2, 0.25) is 12.7 Å². The Kier molecular flexibility index (Phi) is 2.11. The van der Waals surface area contributed by atoms with Crippen LogP contribution in [0.25, 0.3) is 10.8 Å². The number of pyridine rings is 1. The van der Waals surface area contributed by atoms with E-state index in [1.54, 1.807) is 6.20 Å². The first-order valence-corrected chi connectivity index (χ1v) is 5.19. The van der Waals surface area contributed by atoms with Crippen LogP contribution in [0.2, 0.25) is 0 Å². The summed E-state index contributed by atoms with van der Waals surface area (Å²) in [5, 5.41) is 1.83. The van der Waals surface area contributed by atoms with Gasteiger partial charge in [0.25, 0.3) is 0 Å². The molecule has 0 atom stereocenters. The molecule has 0 unspecified atom stereocenters. The summed E-state index contributed by atoms with van der Waals surface area (Å²) >= 11 is 0. The Hall–Kier alpha value is -2.30. The highest BCUT2D eigenvalue weighted by Crippen LogP contribution is 2.36. The molecule has 5 nitrogen and oxygen atoms in total. The van der Waals surface area contributed by atoms with Crippen LogP contribution in [0.4, 0.5) is 0 Å². The number of benzene rings is 1. The van der Waals surface area contributed by atoms with Crippen molar-refractivity contribution in [2.75, 3.05) is 6.79 Å². The van der Waals surface area contributed by atoms with Crippen molar-refractivity contribution in [1.29, 1.82) is 0 Å².